The second-order valence-corrected chi connectivity index (χ2v) is 9.28. The summed E-state index contributed by atoms with van der Waals surface area (Å²) in [5.74, 6) is 0.692. The van der Waals surface area contributed by atoms with Gasteiger partial charge in [0.25, 0.3) is 5.56 Å². The summed E-state index contributed by atoms with van der Waals surface area (Å²) in [7, 11) is 0. The number of halogens is 4. The quantitative estimate of drug-likeness (QED) is 0.540. The van der Waals surface area contributed by atoms with Crippen LogP contribution < -0.4 is 15.4 Å². The van der Waals surface area contributed by atoms with Gasteiger partial charge in [-0.05, 0) is 18.2 Å². The lowest BCUT2D eigenvalue weighted by Crippen LogP contribution is -2.51. The first-order chi connectivity index (χ1) is 17.7. The van der Waals surface area contributed by atoms with Crippen molar-refractivity contribution in [2.45, 2.75) is 18.7 Å². The zero-order chi connectivity index (χ0) is 26.2. The second kappa shape index (κ2) is 10.1. The number of H-pyrrole nitrogens is 1. The SMILES string of the molecule is O=C(C[C@H]1CN(c2n[nH]c(=O)c3ccc(Cl)cc23)CCO1)N1CCN(c2ncc(C(F)(F)F)cn2)CC1. The summed E-state index contributed by atoms with van der Waals surface area (Å²) in [5.41, 5.74) is -1.21. The van der Waals surface area contributed by atoms with Gasteiger partial charge < -0.3 is 19.4 Å². The smallest absolute Gasteiger partial charge is 0.374 e. The highest BCUT2D eigenvalue weighted by Gasteiger charge is 2.32. The fraction of sp³-hybridized carbons (Fsp3) is 0.435. The minimum absolute atomic E-state index is 0.0813. The van der Waals surface area contributed by atoms with E-state index in [0.717, 1.165) is 12.4 Å². The van der Waals surface area contributed by atoms with Crippen LogP contribution in [0.4, 0.5) is 24.9 Å². The Morgan fingerprint density at radius 2 is 1.81 bits per heavy atom. The minimum Gasteiger partial charge on any atom is -0.374 e. The fourth-order valence-electron chi connectivity index (χ4n) is 4.51. The van der Waals surface area contributed by atoms with E-state index in [0.29, 0.717) is 67.5 Å². The Morgan fingerprint density at radius 1 is 1.08 bits per heavy atom. The molecule has 37 heavy (non-hydrogen) atoms. The number of piperazine rings is 1. The standard InChI is InChI=1S/C23H23ClF3N7O3/c24-15-1-2-17-18(9-15)20(30-31-21(17)36)34-7-8-37-16(13-34)10-19(35)32-3-5-33(6-4-32)22-28-11-14(12-29-22)23(25,26)27/h1-2,9,11-12,16H,3-8,10,13H2,(H,31,36)/t16-/m0/s1. The first-order valence-electron chi connectivity index (χ1n) is 11.7. The van der Waals surface area contributed by atoms with Gasteiger partial charge in [-0.15, -0.1) is 0 Å². The maximum absolute atomic E-state index is 13.0. The van der Waals surface area contributed by atoms with Crippen molar-refractivity contribution in [1.29, 1.82) is 0 Å². The molecule has 0 aliphatic carbocycles. The van der Waals surface area contributed by atoms with Crippen molar-refractivity contribution in [2.75, 3.05) is 55.7 Å². The lowest BCUT2D eigenvalue weighted by atomic mass is 10.1. The van der Waals surface area contributed by atoms with Crippen LogP contribution >= 0.6 is 11.6 Å². The van der Waals surface area contributed by atoms with Crippen LogP contribution in [0, 0.1) is 0 Å². The molecule has 196 valence electrons. The number of nitrogens with zero attached hydrogens (tertiary/aromatic N) is 6. The van der Waals surface area contributed by atoms with Crippen molar-refractivity contribution in [3.8, 4) is 0 Å². The van der Waals surface area contributed by atoms with Gasteiger partial charge in [-0.1, -0.05) is 11.6 Å². The fourth-order valence-corrected chi connectivity index (χ4v) is 4.68. The molecule has 0 spiro atoms. The Morgan fingerprint density at radius 3 is 2.51 bits per heavy atom. The second-order valence-electron chi connectivity index (χ2n) is 8.85. The number of ether oxygens (including phenoxy) is 1. The van der Waals surface area contributed by atoms with Crippen LogP contribution in [0.2, 0.25) is 5.02 Å². The van der Waals surface area contributed by atoms with Gasteiger partial charge in [-0.2, -0.15) is 18.3 Å². The minimum atomic E-state index is -4.49. The summed E-state index contributed by atoms with van der Waals surface area (Å²) in [6, 6.07) is 5.00. The van der Waals surface area contributed by atoms with Crippen LogP contribution in [0.1, 0.15) is 12.0 Å². The number of aromatic nitrogens is 4. The number of morpholine rings is 1. The van der Waals surface area contributed by atoms with Crippen LogP contribution in [0.5, 0.6) is 0 Å². The molecule has 3 aromatic rings. The topological polar surface area (TPSA) is 108 Å². The third-order valence-electron chi connectivity index (χ3n) is 6.45. The summed E-state index contributed by atoms with van der Waals surface area (Å²) >= 11 is 6.15. The Balaban J connectivity index is 1.19. The number of nitrogens with one attached hydrogen (secondary N) is 1. The van der Waals surface area contributed by atoms with Gasteiger partial charge in [0.05, 0.1) is 30.1 Å². The summed E-state index contributed by atoms with van der Waals surface area (Å²) in [6.45, 7) is 2.93. The van der Waals surface area contributed by atoms with Gasteiger partial charge in [0, 0.05) is 62.1 Å². The molecule has 4 heterocycles. The van der Waals surface area contributed by atoms with Gasteiger partial charge in [-0.25, -0.2) is 15.1 Å². The molecule has 1 amide bonds. The number of carbonyl (C=O) groups excluding carboxylic acids is 1. The number of carbonyl (C=O) groups is 1. The van der Waals surface area contributed by atoms with E-state index < -0.39 is 11.7 Å². The van der Waals surface area contributed by atoms with E-state index in [1.165, 1.54) is 0 Å². The molecule has 1 atom stereocenters. The number of anilines is 2. The van der Waals surface area contributed by atoms with Crippen LogP contribution in [-0.4, -0.2) is 83.0 Å². The summed E-state index contributed by atoms with van der Waals surface area (Å²) in [4.78, 5) is 38.2. The molecule has 0 radical (unpaired) electrons. The van der Waals surface area contributed by atoms with E-state index >= 15 is 0 Å². The van der Waals surface area contributed by atoms with E-state index in [1.54, 1.807) is 28.0 Å². The number of hydrogen-bond acceptors (Lipinski definition) is 8. The molecule has 14 heteroatoms. The maximum atomic E-state index is 13.0. The molecule has 2 aliphatic rings. The van der Waals surface area contributed by atoms with Crippen molar-refractivity contribution < 1.29 is 22.7 Å². The Kier molecular flexibility index (Phi) is 6.90. The van der Waals surface area contributed by atoms with Gasteiger partial charge in [0.15, 0.2) is 5.82 Å². The predicted molar refractivity (Wildman–Crippen MR) is 130 cm³/mol. The Hall–Kier alpha value is -3.45. The summed E-state index contributed by atoms with van der Waals surface area (Å²) in [5, 5.41) is 8.34. The molecule has 5 rings (SSSR count). The number of amides is 1. The molecule has 0 unspecified atom stereocenters. The van der Waals surface area contributed by atoms with Crippen molar-refractivity contribution in [3.63, 3.8) is 0 Å². The highest BCUT2D eigenvalue weighted by Crippen LogP contribution is 2.29. The number of aromatic amines is 1. The van der Waals surface area contributed by atoms with Crippen molar-refractivity contribution in [3.05, 3.63) is 51.5 Å². The van der Waals surface area contributed by atoms with E-state index in [1.807, 2.05) is 4.90 Å². The molecule has 0 bridgehead atoms. The Bertz CT molecular complexity index is 1340. The van der Waals surface area contributed by atoms with E-state index in [4.69, 9.17) is 16.3 Å². The molecule has 1 aromatic carbocycles. The zero-order valence-corrected chi connectivity index (χ0v) is 20.3. The summed E-state index contributed by atoms with van der Waals surface area (Å²) < 4.78 is 44.1. The van der Waals surface area contributed by atoms with Crippen LogP contribution in [0.15, 0.2) is 35.4 Å². The zero-order valence-electron chi connectivity index (χ0n) is 19.5. The number of fused-ring (bicyclic) bond motifs is 1. The van der Waals surface area contributed by atoms with Crippen LogP contribution in [0.25, 0.3) is 10.8 Å². The highest BCUT2D eigenvalue weighted by molar-refractivity contribution is 6.31. The third-order valence-corrected chi connectivity index (χ3v) is 6.69. The average molecular weight is 538 g/mol. The predicted octanol–water partition coefficient (Wildman–Crippen LogP) is 2.33. The number of hydrogen-bond donors (Lipinski definition) is 1. The highest BCUT2D eigenvalue weighted by atomic mass is 35.5. The van der Waals surface area contributed by atoms with Gasteiger partial charge in [0.1, 0.15) is 0 Å². The normalized spacial score (nSPS) is 18.9. The molecule has 2 fully saturated rings. The van der Waals surface area contributed by atoms with Crippen LogP contribution in [0.3, 0.4) is 0 Å². The lowest BCUT2D eigenvalue weighted by molar-refractivity contribution is -0.138. The molecule has 2 saturated heterocycles. The van der Waals surface area contributed by atoms with Crippen molar-refractivity contribution in [1.82, 2.24) is 25.1 Å². The number of alkyl halides is 3. The molecular formula is C23H23ClF3N7O3. The van der Waals surface area contributed by atoms with Gasteiger partial charge in [-0.3, -0.25) is 9.59 Å². The summed E-state index contributed by atoms with van der Waals surface area (Å²) in [6.07, 6.45) is -3.18. The number of rotatable bonds is 4. The molecule has 1 N–H and O–H groups in total. The largest absolute Gasteiger partial charge is 0.419 e. The molecule has 0 saturated carbocycles. The van der Waals surface area contributed by atoms with E-state index in [9.17, 15) is 22.8 Å². The maximum Gasteiger partial charge on any atom is 0.419 e. The molecule has 10 nitrogen and oxygen atoms in total. The van der Waals surface area contributed by atoms with E-state index in [-0.39, 0.29) is 29.9 Å². The van der Waals surface area contributed by atoms with E-state index in [2.05, 4.69) is 20.2 Å². The lowest BCUT2D eigenvalue weighted by Gasteiger charge is -2.37. The number of benzene rings is 1. The van der Waals surface area contributed by atoms with Crippen LogP contribution in [-0.2, 0) is 15.7 Å². The Labute approximate surface area is 214 Å². The molecular weight excluding hydrogens is 515 g/mol. The third kappa shape index (κ3) is 5.47. The molecule has 2 aliphatic heterocycles. The molecule has 2 aromatic heterocycles. The van der Waals surface area contributed by atoms with Crippen molar-refractivity contribution >= 4 is 40.0 Å². The van der Waals surface area contributed by atoms with Crippen molar-refractivity contribution in [2.24, 2.45) is 0 Å². The first kappa shape index (κ1) is 25.2. The van der Waals surface area contributed by atoms with Gasteiger partial charge >= 0.3 is 6.18 Å². The van der Waals surface area contributed by atoms with Gasteiger partial charge in [0.2, 0.25) is 11.9 Å². The first-order valence-corrected chi connectivity index (χ1v) is 12.0. The monoisotopic (exact) mass is 537 g/mol. The average Bonchev–Trinajstić information content (AvgIpc) is 2.88.